The third kappa shape index (κ3) is 5.07. The first-order valence-corrected chi connectivity index (χ1v) is 10.2. The molecule has 0 saturated heterocycles. The van der Waals surface area contributed by atoms with Crippen molar-refractivity contribution in [3.63, 3.8) is 0 Å². The van der Waals surface area contributed by atoms with E-state index in [2.05, 4.69) is 40.2 Å². The molecule has 0 fully saturated rings. The number of carbonyl (C=O) groups is 2. The highest BCUT2D eigenvalue weighted by molar-refractivity contribution is 5.95. The molecular weight excluding hydrogens is 378 g/mol. The number of urea groups is 1. The minimum atomic E-state index is -0.561. The van der Waals surface area contributed by atoms with Gasteiger partial charge >= 0.3 is 12.0 Å². The zero-order valence-corrected chi connectivity index (χ0v) is 18.0. The van der Waals surface area contributed by atoms with Crippen molar-refractivity contribution in [2.24, 2.45) is 0 Å². The van der Waals surface area contributed by atoms with E-state index in [1.54, 1.807) is 6.92 Å². The van der Waals surface area contributed by atoms with Gasteiger partial charge in [-0.3, -0.25) is 0 Å². The van der Waals surface area contributed by atoms with Crippen LogP contribution in [0.25, 0.3) is 0 Å². The molecule has 0 unspecified atom stereocenters. The van der Waals surface area contributed by atoms with Crippen LogP contribution in [0.2, 0.25) is 0 Å². The monoisotopic (exact) mass is 407 g/mol. The summed E-state index contributed by atoms with van der Waals surface area (Å²) < 4.78 is 5.33. The Morgan fingerprint density at radius 3 is 2.43 bits per heavy atom. The van der Waals surface area contributed by atoms with E-state index in [4.69, 9.17) is 4.74 Å². The van der Waals surface area contributed by atoms with Gasteiger partial charge in [0.1, 0.15) is 0 Å². The summed E-state index contributed by atoms with van der Waals surface area (Å²) in [5.41, 5.74) is 6.26. The van der Waals surface area contributed by atoms with Crippen molar-refractivity contribution in [2.75, 3.05) is 13.2 Å². The van der Waals surface area contributed by atoms with E-state index in [0.29, 0.717) is 24.4 Å². The summed E-state index contributed by atoms with van der Waals surface area (Å²) >= 11 is 0. The van der Waals surface area contributed by atoms with Crippen molar-refractivity contribution in [3.8, 4) is 0 Å². The van der Waals surface area contributed by atoms with Gasteiger partial charge in [0, 0.05) is 18.8 Å². The highest BCUT2D eigenvalue weighted by Gasteiger charge is 2.34. The van der Waals surface area contributed by atoms with Crippen LogP contribution in [0, 0.1) is 20.8 Å². The van der Waals surface area contributed by atoms with Crippen LogP contribution in [-0.2, 0) is 16.1 Å². The molecule has 0 aliphatic carbocycles. The Balaban J connectivity index is 1.91. The molecule has 6 nitrogen and oxygen atoms in total. The van der Waals surface area contributed by atoms with Gasteiger partial charge in [0.05, 0.1) is 18.2 Å². The maximum Gasteiger partial charge on any atom is 0.338 e. The topological polar surface area (TPSA) is 79.5 Å². The summed E-state index contributed by atoms with van der Waals surface area (Å²) in [6.45, 7) is 9.01. The molecule has 0 radical (unpaired) electrons. The number of benzene rings is 2. The lowest BCUT2D eigenvalue weighted by atomic mass is 9.91. The van der Waals surface area contributed by atoms with Gasteiger partial charge in [-0.15, -0.1) is 0 Å². The van der Waals surface area contributed by atoms with Crippen molar-refractivity contribution >= 4 is 12.0 Å². The molecule has 3 N–H and O–H groups in total. The number of hydrogen-bond donors (Lipinski definition) is 3. The molecular formula is C24H29N3O3. The minimum absolute atomic E-state index is 0.264. The summed E-state index contributed by atoms with van der Waals surface area (Å²) in [5, 5.41) is 9.03. The number of nitrogens with one attached hydrogen (secondary N) is 3. The molecule has 3 rings (SSSR count). The summed E-state index contributed by atoms with van der Waals surface area (Å²) in [6, 6.07) is 13.4. The predicted octanol–water partition coefficient (Wildman–Crippen LogP) is 3.57. The van der Waals surface area contributed by atoms with Crippen LogP contribution < -0.4 is 16.0 Å². The fraction of sp³-hybridized carbons (Fsp3) is 0.333. The Labute approximate surface area is 177 Å². The van der Waals surface area contributed by atoms with Crippen LogP contribution in [0.5, 0.6) is 0 Å². The van der Waals surface area contributed by atoms with Crippen LogP contribution in [-0.4, -0.2) is 25.2 Å². The maximum atomic E-state index is 12.9. The van der Waals surface area contributed by atoms with E-state index in [9.17, 15) is 9.59 Å². The smallest absolute Gasteiger partial charge is 0.338 e. The number of amides is 2. The second kappa shape index (κ2) is 9.59. The lowest BCUT2D eigenvalue weighted by Crippen LogP contribution is -2.48. The molecule has 6 heteroatoms. The number of ether oxygens (including phenoxy) is 1. The Morgan fingerprint density at radius 2 is 1.73 bits per heavy atom. The number of rotatable bonds is 7. The molecule has 1 heterocycles. The number of carbonyl (C=O) groups excluding carboxylic acids is 2. The Bertz CT molecular complexity index is 964. The van der Waals surface area contributed by atoms with Gasteiger partial charge in [0.25, 0.3) is 0 Å². The van der Waals surface area contributed by atoms with Crippen LogP contribution in [0.1, 0.15) is 40.8 Å². The molecule has 1 aliphatic rings. The third-order valence-corrected chi connectivity index (χ3v) is 5.15. The van der Waals surface area contributed by atoms with E-state index in [-0.39, 0.29) is 12.6 Å². The zero-order valence-electron chi connectivity index (χ0n) is 18.0. The first-order chi connectivity index (χ1) is 14.4. The van der Waals surface area contributed by atoms with Crippen LogP contribution >= 0.6 is 0 Å². The zero-order chi connectivity index (χ0) is 21.7. The molecule has 0 aromatic heterocycles. The van der Waals surface area contributed by atoms with Crippen molar-refractivity contribution in [1.29, 1.82) is 0 Å². The molecule has 30 heavy (non-hydrogen) atoms. The van der Waals surface area contributed by atoms with Gasteiger partial charge in [0.15, 0.2) is 0 Å². The van der Waals surface area contributed by atoms with E-state index in [1.807, 2.05) is 39.0 Å². The SMILES string of the molecule is CCOC(=O)C1=C(CNCc2ccc(C)cc2)NC(=O)N[C@@H]1c1cc(C)ccc1C. The maximum absolute atomic E-state index is 12.9. The van der Waals surface area contributed by atoms with Crippen molar-refractivity contribution < 1.29 is 14.3 Å². The fourth-order valence-corrected chi connectivity index (χ4v) is 3.55. The molecule has 0 saturated carbocycles. The molecule has 1 atom stereocenters. The first kappa shape index (κ1) is 21.6. The fourth-order valence-electron chi connectivity index (χ4n) is 3.55. The first-order valence-electron chi connectivity index (χ1n) is 10.2. The van der Waals surface area contributed by atoms with Crippen molar-refractivity contribution in [3.05, 3.63) is 81.6 Å². The van der Waals surface area contributed by atoms with Gasteiger partial charge < -0.3 is 20.7 Å². The summed E-state index contributed by atoms with van der Waals surface area (Å²) in [4.78, 5) is 25.3. The number of esters is 1. The van der Waals surface area contributed by atoms with E-state index >= 15 is 0 Å². The minimum Gasteiger partial charge on any atom is -0.463 e. The van der Waals surface area contributed by atoms with E-state index < -0.39 is 12.0 Å². The third-order valence-electron chi connectivity index (χ3n) is 5.15. The highest BCUT2D eigenvalue weighted by atomic mass is 16.5. The molecule has 2 aromatic carbocycles. The lowest BCUT2D eigenvalue weighted by molar-refractivity contribution is -0.139. The standard InChI is InChI=1S/C24H29N3O3/c1-5-30-23(28)21-20(14-25-13-18-10-7-15(2)8-11-18)26-24(29)27-22(21)19-12-16(3)6-9-17(19)4/h6-12,22,25H,5,13-14H2,1-4H3,(H2,26,27,29)/t22-/m1/s1. The predicted molar refractivity (Wildman–Crippen MR) is 117 cm³/mol. The molecule has 1 aliphatic heterocycles. The Kier molecular flexibility index (Phi) is 6.90. The second-order valence-electron chi connectivity index (χ2n) is 7.59. The van der Waals surface area contributed by atoms with Gasteiger partial charge in [-0.05, 0) is 44.4 Å². The number of aryl methyl sites for hydroxylation is 3. The van der Waals surface area contributed by atoms with Gasteiger partial charge in [-0.25, -0.2) is 9.59 Å². The summed E-state index contributed by atoms with van der Waals surface area (Å²) in [6.07, 6.45) is 0. The van der Waals surface area contributed by atoms with Crippen molar-refractivity contribution in [2.45, 2.75) is 40.3 Å². The van der Waals surface area contributed by atoms with Crippen LogP contribution in [0.3, 0.4) is 0 Å². The Morgan fingerprint density at radius 1 is 1.03 bits per heavy atom. The Hall–Kier alpha value is -3.12. The van der Waals surface area contributed by atoms with E-state index in [0.717, 1.165) is 22.3 Å². The average molecular weight is 408 g/mol. The summed E-state index contributed by atoms with van der Waals surface area (Å²) in [7, 11) is 0. The normalized spacial score (nSPS) is 16.1. The molecule has 2 amide bonds. The van der Waals surface area contributed by atoms with Crippen LogP contribution in [0.15, 0.2) is 53.7 Å². The van der Waals surface area contributed by atoms with Gasteiger partial charge in [-0.2, -0.15) is 0 Å². The molecule has 158 valence electrons. The van der Waals surface area contributed by atoms with Crippen molar-refractivity contribution in [1.82, 2.24) is 16.0 Å². The largest absolute Gasteiger partial charge is 0.463 e. The molecule has 2 aromatic rings. The quantitative estimate of drug-likeness (QED) is 0.613. The lowest BCUT2D eigenvalue weighted by Gasteiger charge is -2.30. The number of hydrogen-bond acceptors (Lipinski definition) is 4. The van der Waals surface area contributed by atoms with Gasteiger partial charge in [0.2, 0.25) is 0 Å². The summed E-state index contributed by atoms with van der Waals surface area (Å²) in [5.74, 6) is -0.428. The van der Waals surface area contributed by atoms with Gasteiger partial charge in [-0.1, -0.05) is 53.6 Å². The highest BCUT2D eigenvalue weighted by Crippen LogP contribution is 2.30. The van der Waals surface area contributed by atoms with E-state index in [1.165, 1.54) is 5.56 Å². The van der Waals surface area contributed by atoms with Crippen LogP contribution in [0.4, 0.5) is 4.79 Å². The molecule has 0 spiro atoms. The second-order valence-corrected chi connectivity index (χ2v) is 7.59. The average Bonchev–Trinajstić information content (AvgIpc) is 2.71. The molecule has 0 bridgehead atoms.